The second-order valence-electron chi connectivity index (χ2n) is 4.06. The van der Waals surface area contributed by atoms with Gasteiger partial charge in [0, 0.05) is 13.6 Å². The number of hydrogen-bond acceptors (Lipinski definition) is 2. The number of amides is 1. The highest BCUT2D eigenvalue weighted by molar-refractivity contribution is 5.85. The lowest BCUT2D eigenvalue weighted by atomic mass is 9.82. The summed E-state index contributed by atoms with van der Waals surface area (Å²) < 4.78 is 0. The van der Waals surface area contributed by atoms with E-state index in [9.17, 15) is 4.79 Å². The number of carbonyl (C=O) groups excluding carboxylic acids is 1. The third-order valence-corrected chi connectivity index (χ3v) is 3.08. The molecule has 3 heteroatoms. The van der Waals surface area contributed by atoms with Gasteiger partial charge >= 0.3 is 0 Å². The molecule has 0 unspecified atom stereocenters. The van der Waals surface area contributed by atoms with Gasteiger partial charge in [-0.2, -0.15) is 5.26 Å². The predicted octanol–water partition coefficient (Wildman–Crippen LogP) is 2.74. The summed E-state index contributed by atoms with van der Waals surface area (Å²) in [7, 11) is 1.77. The molecule has 0 aromatic rings. The van der Waals surface area contributed by atoms with Crippen LogP contribution in [0, 0.1) is 16.7 Å². The Kier molecular flexibility index (Phi) is 6.48. The first kappa shape index (κ1) is 14.7. The van der Waals surface area contributed by atoms with Crippen LogP contribution in [-0.2, 0) is 4.79 Å². The van der Waals surface area contributed by atoms with Gasteiger partial charge in [0.25, 0.3) is 0 Å². The molecule has 0 bridgehead atoms. The van der Waals surface area contributed by atoms with Gasteiger partial charge in [-0.1, -0.05) is 19.9 Å². The van der Waals surface area contributed by atoms with E-state index in [4.69, 9.17) is 5.26 Å². The molecule has 0 spiro atoms. The Hall–Kier alpha value is -1.30. The zero-order valence-corrected chi connectivity index (χ0v) is 10.6. The molecule has 0 N–H and O–H groups in total. The third kappa shape index (κ3) is 3.37. The summed E-state index contributed by atoms with van der Waals surface area (Å²) in [6, 6.07) is 2.17. The van der Waals surface area contributed by atoms with Gasteiger partial charge in [0.1, 0.15) is 5.41 Å². The minimum absolute atomic E-state index is 0.0518. The maximum atomic E-state index is 12.1. The molecule has 1 amide bonds. The summed E-state index contributed by atoms with van der Waals surface area (Å²) in [6.07, 6.45) is 4.79. The minimum atomic E-state index is -0.830. The van der Waals surface area contributed by atoms with Crippen molar-refractivity contribution in [3.8, 4) is 6.07 Å². The Balaban J connectivity index is 4.51. The van der Waals surface area contributed by atoms with Crippen molar-refractivity contribution in [2.24, 2.45) is 5.41 Å². The van der Waals surface area contributed by atoms with E-state index in [-0.39, 0.29) is 5.91 Å². The summed E-state index contributed by atoms with van der Waals surface area (Å²) in [5.41, 5.74) is -0.830. The van der Waals surface area contributed by atoms with Crippen molar-refractivity contribution in [1.82, 2.24) is 4.90 Å². The summed E-state index contributed by atoms with van der Waals surface area (Å²) in [5, 5.41) is 9.15. The molecule has 16 heavy (non-hydrogen) atoms. The lowest BCUT2D eigenvalue weighted by Crippen LogP contribution is -2.41. The van der Waals surface area contributed by atoms with Gasteiger partial charge in [-0.25, -0.2) is 0 Å². The SMILES string of the molecule is C=CCCCN(C)C(=O)C(C#N)(CC)CC. The zero-order valence-electron chi connectivity index (χ0n) is 10.6. The molecule has 0 atom stereocenters. The lowest BCUT2D eigenvalue weighted by Gasteiger charge is -2.28. The number of rotatable bonds is 7. The van der Waals surface area contributed by atoms with Crippen molar-refractivity contribution in [2.45, 2.75) is 39.5 Å². The average molecular weight is 222 g/mol. The molecule has 0 aliphatic carbocycles. The Bertz CT molecular complexity index is 274. The van der Waals surface area contributed by atoms with Crippen LogP contribution in [0.25, 0.3) is 0 Å². The molecule has 0 aliphatic rings. The summed E-state index contributed by atoms with van der Waals surface area (Å²) >= 11 is 0. The van der Waals surface area contributed by atoms with Gasteiger partial charge in [0.05, 0.1) is 6.07 Å². The Morgan fingerprint density at radius 3 is 2.44 bits per heavy atom. The van der Waals surface area contributed by atoms with Crippen LogP contribution in [0.2, 0.25) is 0 Å². The minimum Gasteiger partial charge on any atom is -0.344 e. The number of unbranched alkanes of at least 4 members (excludes halogenated alkanes) is 1. The fourth-order valence-electron chi connectivity index (χ4n) is 1.70. The Labute approximate surface area is 98.7 Å². The highest BCUT2D eigenvalue weighted by Crippen LogP contribution is 2.27. The fourth-order valence-corrected chi connectivity index (χ4v) is 1.70. The van der Waals surface area contributed by atoms with Crippen molar-refractivity contribution in [3.63, 3.8) is 0 Å². The van der Waals surface area contributed by atoms with E-state index in [0.29, 0.717) is 19.4 Å². The van der Waals surface area contributed by atoms with Crippen LogP contribution in [0.4, 0.5) is 0 Å². The normalized spacial score (nSPS) is 10.6. The van der Waals surface area contributed by atoms with E-state index in [1.165, 1.54) is 0 Å². The van der Waals surface area contributed by atoms with Gasteiger partial charge in [0.15, 0.2) is 0 Å². The molecule has 0 radical (unpaired) electrons. The van der Waals surface area contributed by atoms with E-state index in [1.807, 2.05) is 19.9 Å². The topological polar surface area (TPSA) is 44.1 Å². The molecule has 90 valence electrons. The van der Waals surface area contributed by atoms with E-state index in [2.05, 4.69) is 12.6 Å². The standard InChI is InChI=1S/C13H22N2O/c1-5-8-9-10-15(4)12(16)13(6-2,7-3)11-14/h5H,1,6-10H2,2-4H3. The van der Waals surface area contributed by atoms with Crippen LogP contribution in [0.5, 0.6) is 0 Å². The molecule has 0 fully saturated rings. The summed E-state index contributed by atoms with van der Waals surface area (Å²) in [5.74, 6) is -0.0518. The highest BCUT2D eigenvalue weighted by atomic mass is 16.2. The second-order valence-corrected chi connectivity index (χ2v) is 4.06. The Morgan fingerprint density at radius 1 is 1.50 bits per heavy atom. The number of nitriles is 1. The van der Waals surface area contributed by atoms with Crippen LogP contribution in [0.1, 0.15) is 39.5 Å². The first-order chi connectivity index (χ1) is 7.57. The van der Waals surface area contributed by atoms with Gasteiger partial charge in [-0.3, -0.25) is 4.79 Å². The molecule has 0 aromatic heterocycles. The predicted molar refractivity (Wildman–Crippen MR) is 65.7 cm³/mol. The number of allylic oxidation sites excluding steroid dienone is 1. The molecule has 3 nitrogen and oxygen atoms in total. The van der Waals surface area contributed by atoms with Gasteiger partial charge in [0.2, 0.25) is 5.91 Å². The lowest BCUT2D eigenvalue weighted by molar-refractivity contribution is -0.138. The van der Waals surface area contributed by atoms with E-state index >= 15 is 0 Å². The highest BCUT2D eigenvalue weighted by Gasteiger charge is 2.36. The molecule has 0 aliphatic heterocycles. The number of nitrogens with zero attached hydrogens (tertiary/aromatic N) is 2. The first-order valence-corrected chi connectivity index (χ1v) is 5.85. The van der Waals surface area contributed by atoms with Crippen molar-refractivity contribution in [1.29, 1.82) is 5.26 Å². The van der Waals surface area contributed by atoms with Crippen molar-refractivity contribution in [3.05, 3.63) is 12.7 Å². The molecular formula is C13H22N2O. The van der Waals surface area contributed by atoms with Crippen LogP contribution in [-0.4, -0.2) is 24.4 Å². The van der Waals surface area contributed by atoms with Crippen molar-refractivity contribution in [2.75, 3.05) is 13.6 Å². The van der Waals surface area contributed by atoms with E-state index in [0.717, 1.165) is 12.8 Å². The van der Waals surface area contributed by atoms with Crippen molar-refractivity contribution < 1.29 is 4.79 Å². The molecule has 0 saturated carbocycles. The van der Waals surface area contributed by atoms with E-state index in [1.54, 1.807) is 11.9 Å². The van der Waals surface area contributed by atoms with Gasteiger partial charge < -0.3 is 4.90 Å². The van der Waals surface area contributed by atoms with Crippen LogP contribution >= 0.6 is 0 Å². The zero-order chi connectivity index (χ0) is 12.6. The fraction of sp³-hybridized carbons (Fsp3) is 0.692. The third-order valence-electron chi connectivity index (χ3n) is 3.08. The van der Waals surface area contributed by atoms with E-state index < -0.39 is 5.41 Å². The Morgan fingerprint density at radius 2 is 2.06 bits per heavy atom. The maximum Gasteiger partial charge on any atom is 0.242 e. The molecule has 0 aromatic carbocycles. The van der Waals surface area contributed by atoms with Crippen LogP contribution in [0.3, 0.4) is 0 Å². The van der Waals surface area contributed by atoms with Gasteiger partial charge in [-0.15, -0.1) is 6.58 Å². The van der Waals surface area contributed by atoms with Crippen molar-refractivity contribution >= 4 is 5.91 Å². The first-order valence-electron chi connectivity index (χ1n) is 5.85. The monoisotopic (exact) mass is 222 g/mol. The molecule has 0 saturated heterocycles. The average Bonchev–Trinajstić information content (AvgIpc) is 2.32. The smallest absolute Gasteiger partial charge is 0.242 e. The van der Waals surface area contributed by atoms with Crippen LogP contribution < -0.4 is 0 Å². The summed E-state index contributed by atoms with van der Waals surface area (Å²) in [6.45, 7) is 8.11. The van der Waals surface area contributed by atoms with Gasteiger partial charge in [-0.05, 0) is 25.7 Å². The number of hydrogen-bond donors (Lipinski definition) is 0. The molecule has 0 rings (SSSR count). The maximum absolute atomic E-state index is 12.1. The second kappa shape index (κ2) is 7.05. The molecular weight excluding hydrogens is 200 g/mol. The summed E-state index contributed by atoms with van der Waals surface area (Å²) in [4.78, 5) is 13.8. The van der Waals surface area contributed by atoms with Crippen LogP contribution in [0.15, 0.2) is 12.7 Å². The molecule has 0 heterocycles. The quantitative estimate of drug-likeness (QED) is 0.491. The largest absolute Gasteiger partial charge is 0.344 e. The number of carbonyl (C=O) groups is 1.